The molecule has 0 aromatic rings. The highest BCUT2D eigenvalue weighted by atomic mass is 16.1. The summed E-state index contributed by atoms with van der Waals surface area (Å²) in [5.74, 6) is 0.210. The van der Waals surface area contributed by atoms with Crippen LogP contribution in [0.1, 0.15) is 51.9 Å². The maximum atomic E-state index is 11.6. The minimum Gasteiger partial charge on any atom is -0.356 e. The molecule has 0 atom stereocenters. The lowest BCUT2D eigenvalue weighted by Gasteiger charge is -2.33. The molecule has 0 unspecified atom stereocenters. The van der Waals surface area contributed by atoms with Crippen molar-refractivity contribution < 1.29 is 4.79 Å². The van der Waals surface area contributed by atoms with E-state index in [0.717, 1.165) is 19.5 Å². The lowest BCUT2D eigenvalue weighted by Crippen LogP contribution is -2.37. The van der Waals surface area contributed by atoms with Crippen LogP contribution in [0.5, 0.6) is 0 Å². The first-order valence-electron chi connectivity index (χ1n) is 6.58. The molecule has 0 aromatic carbocycles. The van der Waals surface area contributed by atoms with E-state index < -0.39 is 0 Å². The molecule has 1 saturated carbocycles. The third-order valence-electron chi connectivity index (χ3n) is 3.60. The van der Waals surface area contributed by atoms with Gasteiger partial charge in [-0.15, -0.1) is 0 Å². The summed E-state index contributed by atoms with van der Waals surface area (Å²) in [4.78, 5) is 11.6. The Hall–Kier alpha value is -0.570. The van der Waals surface area contributed by atoms with Crippen LogP contribution in [-0.4, -0.2) is 26.0 Å². The molecular weight excluding hydrogens is 200 g/mol. The maximum Gasteiger partial charge on any atom is 0.220 e. The monoisotopic (exact) mass is 226 g/mol. The van der Waals surface area contributed by atoms with Crippen molar-refractivity contribution in [3.63, 3.8) is 0 Å². The van der Waals surface area contributed by atoms with E-state index in [0.29, 0.717) is 11.8 Å². The molecule has 0 bridgehead atoms. The van der Waals surface area contributed by atoms with Crippen molar-refractivity contribution in [2.75, 3.05) is 20.1 Å². The normalized spacial score (nSPS) is 19.4. The van der Waals surface area contributed by atoms with E-state index in [1.54, 1.807) is 0 Å². The summed E-state index contributed by atoms with van der Waals surface area (Å²) in [5, 5.41) is 6.14. The van der Waals surface area contributed by atoms with Gasteiger partial charge in [0.1, 0.15) is 0 Å². The lowest BCUT2D eigenvalue weighted by molar-refractivity contribution is -0.121. The summed E-state index contributed by atoms with van der Waals surface area (Å²) in [5.41, 5.74) is 0.358. The fraction of sp³-hybridized carbons (Fsp3) is 0.923. The van der Waals surface area contributed by atoms with Gasteiger partial charge < -0.3 is 10.6 Å². The van der Waals surface area contributed by atoms with Crippen LogP contribution in [-0.2, 0) is 4.79 Å². The van der Waals surface area contributed by atoms with Gasteiger partial charge in [-0.25, -0.2) is 0 Å². The molecule has 0 aromatic heterocycles. The van der Waals surface area contributed by atoms with E-state index in [-0.39, 0.29) is 5.91 Å². The summed E-state index contributed by atoms with van der Waals surface area (Å²) in [7, 11) is 1.92. The molecule has 0 radical (unpaired) electrons. The molecule has 1 fully saturated rings. The summed E-state index contributed by atoms with van der Waals surface area (Å²) in [6.07, 6.45) is 8.13. The highest BCUT2D eigenvalue weighted by molar-refractivity contribution is 5.75. The number of hydrogen-bond donors (Lipinski definition) is 2. The largest absolute Gasteiger partial charge is 0.356 e. The van der Waals surface area contributed by atoms with E-state index in [4.69, 9.17) is 0 Å². The second kappa shape index (κ2) is 6.89. The van der Waals surface area contributed by atoms with E-state index in [9.17, 15) is 4.79 Å². The number of nitrogens with one attached hydrogen (secondary N) is 2. The summed E-state index contributed by atoms with van der Waals surface area (Å²) in [6, 6.07) is 0. The zero-order chi connectivity index (χ0) is 11.9. The molecule has 1 amide bonds. The number of hydrogen-bond acceptors (Lipinski definition) is 2. The summed E-state index contributed by atoms with van der Waals surface area (Å²) >= 11 is 0. The van der Waals surface area contributed by atoms with Gasteiger partial charge in [0.05, 0.1) is 0 Å². The van der Waals surface area contributed by atoms with Gasteiger partial charge in [0.2, 0.25) is 5.91 Å². The van der Waals surface area contributed by atoms with Gasteiger partial charge in [0.25, 0.3) is 0 Å². The fourth-order valence-electron chi connectivity index (χ4n) is 2.41. The van der Waals surface area contributed by atoms with Gasteiger partial charge in [-0.1, -0.05) is 26.2 Å². The Morgan fingerprint density at radius 3 is 2.56 bits per heavy atom. The maximum absolute atomic E-state index is 11.6. The van der Waals surface area contributed by atoms with Gasteiger partial charge in [-0.05, 0) is 38.3 Å². The van der Waals surface area contributed by atoms with Crippen molar-refractivity contribution in [3.8, 4) is 0 Å². The van der Waals surface area contributed by atoms with Gasteiger partial charge in [-0.2, -0.15) is 0 Å². The Kier molecular flexibility index (Phi) is 5.81. The van der Waals surface area contributed by atoms with Crippen molar-refractivity contribution in [2.45, 2.75) is 51.9 Å². The molecule has 1 aliphatic rings. The molecule has 0 heterocycles. The van der Waals surface area contributed by atoms with Crippen LogP contribution in [0.2, 0.25) is 0 Å². The molecule has 0 aliphatic heterocycles. The Balaban J connectivity index is 2.14. The second-order valence-electron chi connectivity index (χ2n) is 5.36. The zero-order valence-electron chi connectivity index (χ0n) is 10.8. The predicted octanol–water partition coefficient (Wildman–Crippen LogP) is 2.07. The molecule has 94 valence electrons. The first kappa shape index (κ1) is 13.5. The third kappa shape index (κ3) is 4.97. The average molecular weight is 226 g/mol. The third-order valence-corrected chi connectivity index (χ3v) is 3.60. The molecule has 0 spiro atoms. The minimum absolute atomic E-state index is 0.210. The van der Waals surface area contributed by atoms with E-state index >= 15 is 0 Å². The SMILES string of the molecule is CNCCCC(=O)NCC1(C)CCCCC1. The minimum atomic E-state index is 0.210. The number of rotatable bonds is 6. The number of carbonyl (C=O) groups is 1. The topological polar surface area (TPSA) is 41.1 Å². The standard InChI is InChI=1S/C13H26N2O/c1-13(8-4-3-5-9-13)11-15-12(16)7-6-10-14-2/h14H,3-11H2,1-2H3,(H,15,16). The Morgan fingerprint density at radius 2 is 1.94 bits per heavy atom. The van der Waals surface area contributed by atoms with Crippen LogP contribution >= 0.6 is 0 Å². The van der Waals surface area contributed by atoms with Crippen molar-refractivity contribution >= 4 is 5.91 Å². The Morgan fingerprint density at radius 1 is 1.25 bits per heavy atom. The van der Waals surface area contributed by atoms with Crippen molar-refractivity contribution in [1.29, 1.82) is 0 Å². The molecule has 3 nitrogen and oxygen atoms in total. The van der Waals surface area contributed by atoms with Gasteiger partial charge in [0.15, 0.2) is 0 Å². The molecule has 16 heavy (non-hydrogen) atoms. The predicted molar refractivity (Wildman–Crippen MR) is 67.4 cm³/mol. The molecule has 1 aliphatic carbocycles. The molecule has 0 saturated heterocycles. The smallest absolute Gasteiger partial charge is 0.220 e. The van der Waals surface area contributed by atoms with Crippen LogP contribution < -0.4 is 10.6 Å². The highest BCUT2D eigenvalue weighted by Crippen LogP contribution is 2.34. The molecule has 1 rings (SSSR count). The van der Waals surface area contributed by atoms with Gasteiger partial charge in [-0.3, -0.25) is 4.79 Å². The number of amides is 1. The number of carbonyl (C=O) groups excluding carboxylic acids is 1. The van der Waals surface area contributed by atoms with Crippen LogP contribution in [0.3, 0.4) is 0 Å². The van der Waals surface area contributed by atoms with Crippen molar-refractivity contribution in [2.24, 2.45) is 5.41 Å². The molecule has 3 heteroatoms. The highest BCUT2D eigenvalue weighted by Gasteiger charge is 2.26. The van der Waals surface area contributed by atoms with Crippen LogP contribution in [0.25, 0.3) is 0 Å². The summed E-state index contributed by atoms with van der Waals surface area (Å²) < 4.78 is 0. The van der Waals surface area contributed by atoms with Crippen LogP contribution in [0.15, 0.2) is 0 Å². The fourth-order valence-corrected chi connectivity index (χ4v) is 2.41. The average Bonchev–Trinajstić information content (AvgIpc) is 2.28. The Bertz CT molecular complexity index is 210. The van der Waals surface area contributed by atoms with E-state index in [2.05, 4.69) is 17.6 Å². The van der Waals surface area contributed by atoms with Crippen LogP contribution in [0, 0.1) is 5.41 Å². The molecular formula is C13H26N2O. The first-order valence-corrected chi connectivity index (χ1v) is 6.58. The van der Waals surface area contributed by atoms with Gasteiger partial charge in [0, 0.05) is 13.0 Å². The lowest BCUT2D eigenvalue weighted by atomic mass is 9.76. The quantitative estimate of drug-likeness (QED) is 0.681. The summed E-state index contributed by atoms with van der Waals surface area (Å²) in [6.45, 7) is 4.09. The van der Waals surface area contributed by atoms with Gasteiger partial charge >= 0.3 is 0 Å². The zero-order valence-corrected chi connectivity index (χ0v) is 10.8. The van der Waals surface area contributed by atoms with Crippen LogP contribution in [0.4, 0.5) is 0 Å². The van der Waals surface area contributed by atoms with Crippen molar-refractivity contribution in [1.82, 2.24) is 10.6 Å². The second-order valence-corrected chi connectivity index (χ2v) is 5.36. The van der Waals surface area contributed by atoms with E-state index in [1.165, 1.54) is 32.1 Å². The molecule has 2 N–H and O–H groups in total. The van der Waals surface area contributed by atoms with Crippen molar-refractivity contribution in [3.05, 3.63) is 0 Å². The Labute approximate surface area is 99.4 Å². The first-order chi connectivity index (χ1) is 7.66. The van der Waals surface area contributed by atoms with E-state index in [1.807, 2.05) is 7.05 Å².